The van der Waals surface area contributed by atoms with Crippen molar-refractivity contribution >= 4 is 32.5 Å². The summed E-state index contributed by atoms with van der Waals surface area (Å²) in [4.78, 5) is 29.4. The lowest BCUT2D eigenvalue weighted by atomic mass is 10.3. The first-order chi connectivity index (χ1) is 15.5. The van der Waals surface area contributed by atoms with E-state index in [1.807, 2.05) is 0 Å². The third-order valence-corrected chi connectivity index (χ3v) is 7.11. The van der Waals surface area contributed by atoms with Gasteiger partial charge in [0.25, 0.3) is 5.91 Å². The van der Waals surface area contributed by atoms with Crippen molar-refractivity contribution in [2.45, 2.75) is 30.8 Å². The van der Waals surface area contributed by atoms with Crippen LogP contribution in [0.4, 0.5) is 18.9 Å². The molecule has 33 heavy (non-hydrogen) atoms. The van der Waals surface area contributed by atoms with Crippen LogP contribution in [0.5, 0.6) is 0 Å². The van der Waals surface area contributed by atoms with Crippen molar-refractivity contribution in [1.29, 1.82) is 0 Å². The van der Waals surface area contributed by atoms with Crippen LogP contribution < -0.4 is 5.06 Å². The molecule has 0 bridgehead atoms. The van der Waals surface area contributed by atoms with Crippen LogP contribution in [0.1, 0.15) is 25.5 Å². The van der Waals surface area contributed by atoms with E-state index in [2.05, 4.69) is 15.0 Å². The molecule has 0 aliphatic heterocycles. The Bertz CT molecular complexity index is 1350. The summed E-state index contributed by atoms with van der Waals surface area (Å²) in [5, 5.41) is 0.998. The van der Waals surface area contributed by atoms with E-state index in [-0.39, 0.29) is 50.7 Å². The van der Waals surface area contributed by atoms with Crippen LogP contribution in [0.25, 0.3) is 22.6 Å². The molecular weight excluding hydrogens is 463 g/mol. The number of imidazole rings is 1. The molecule has 3 heterocycles. The van der Waals surface area contributed by atoms with Crippen molar-refractivity contribution in [3.63, 3.8) is 0 Å². The summed E-state index contributed by atoms with van der Waals surface area (Å²) in [7, 11) is -1.05. The van der Waals surface area contributed by atoms with E-state index in [0.29, 0.717) is 0 Å². The second-order valence-corrected chi connectivity index (χ2v) is 9.83. The van der Waals surface area contributed by atoms with Gasteiger partial charge in [0.05, 0.1) is 46.9 Å². The zero-order valence-corrected chi connectivity index (χ0v) is 18.7. The smallest absolute Gasteiger partial charge is 0.324 e. The maximum atomic E-state index is 13.1. The summed E-state index contributed by atoms with van der Waals surface area (Å²) in [6.45, 7) is 1.45. The lowest BCUT2D eigenvalue weighted by Crippen LogP contribution is -2.31. The average molecular weight is 483 g/mol. The number of aromatic nitrogens is 4. The zero-order valence-electron chi connectivity index (χ0n) is 17.9. The molecule has 0 radical (unpaired) electrons. The number of anilines is 1. The fraction of sp³-hybridized carbons (Fsp3) is 0.400. The van der Waals surface area contributed by atoms with Crippen molar-refractivity contribution in [2.75, 3.05) is 17.9 Å². The van der Waals surface area contributed by atoms with Crippen LogP contribution >= 0.6 is 0 Å². The molecule has 4 rings (SSSR count). The van der Waals surface area contributed by atoms with Gasteiger partial charge in [0.1, 0.15) is 11.4 Å². The molecule has 3 aromatic rings. The molecule has 176 valence electrons. The highest BCUT2D eigenvalue weighted by molar-refractivity contribution is 7.91. The summed E-state index contributed by atoms with van der Waals surface area (Å²) < 4.78 is 66.4. The Morgan fingerprint density at radius 2 is 1.94 bits per heavy atom. The minimum Gasteiger partial charge on any atom is -0.324 e. The van der Waals surface area contributed by atoms with Gasteiger partial charge in [-0.15, -0.1) is 0 Å². The number of hydroxylamine groups is 1. The van der Waals surface area contributed by atoms with Crippen LogP contribution in [0.15, 0.2) is 29.4 Å². The van der Waals surface area contributed by atoms with Gasteiger partial charge in [-0.3, -0.25) is 9.63 Å². The number of aryl methyl sites for hydroxylation is 1. The van der Waals surface area contributed by atoms with Crippen LogP contribution in [-0.4, -0.2) is 46.7 Å². The Morgan fingerprint density at radius 3 is 2.52 bits per heavy atom. The number of carbonyl (C=O) groups is 1. The second-order valence-electron chi connectivity index (χ2n) is 7.58. The molecule has 1 aliphatic rings. The number of fused-ring (bicyclic) bond motifs is 1. The zero-order chi connectivity index (χ0) is 24.1. The number of nitrogens with zero attached hydrogens (tertiary/aromatic N) is 5. The van der Waals surface area contributed by atoms with E-state index in [0.717, 1.165) is 30.2 Å². The van der Waals surface area contributed by atoms with Crippen molar-refractivity contribution in [3.8, 4) is 11.5 Å². The highest BCUT2D eigenvalue weighted by atomic mass is 32.2. The molecule has 0 N–H and O–H groups in total. The molecule has 13 heteroatoms. The first-order valence-electron chi connectivity index (χ1n) is 9.98. The third kappa shape index (κ3) is 4.17. The van der Waals surface area contributed by atoms with Gasteiger partial charge in [-0.1, -0.05) is 6.92 Å². The van der Waals surface area contributed by atoms with E-state index in [1.54, 1.807) is 0 Å². The van der Waals surface area contributed by atoms with Gasteiger partial charge in [0, 0.05) is 13.0 Å². The van der Waals surface area contributed by atoms with Crippen molar-refractivity contribution in [2.24, 2.45) is 13.0 Å². The Kier molecular flexibility index (Phi) is 5.65. The Morgan fingerprint density at radius 1 is 1.24 bits per heavy atom. The first-order valence-corrected chi connectivity index (χ1v) is 11.6. The minimum atomic E-state index is -4.65. The quantitative estimate of drug-likeness (QED) is 0.496. The number of hydrogen-bond acceptors (Lipinski definition) is 7. The fourth-order valence-corrected chi connectivity index (χ4v) is 4.43. The molecule has 0 aromatic carbocycles. The maximum absolute atomic E-state index is 13.1. The number of amides is 1. The Balaban J connectivity index is 1.89. The van der Waals surface area contributed by atoms with Crippen LogP contribution in [0.3, 0.4) is 0 Å². The molecule has 0 atom stereocenters. The maximum Gasteiger partial charge on any atom is 0.433 e. The molecule has 1 saturated carbocycles. The molecule has 0 unspecified atom stereocenters. The highest BCUT2D eigenvalue weighted by Gasteiger charge is 2.36. The summed E-state index contributed by atoms with van der Waals surface area (Å²) in [6, 6.07) is 2.06. The largest absolute Gasteiger partial charge is 0.433 e. The number of rotatable bonds is 6. The standard InChI is InChI=1S/C20H20F3N5O4S/c1-4-33(30,31)15-7-12(28(32-3)19(29)11-5-6-11)9-25-17(15)18-26-13-8-16(20(21,22)23)24-10-14(13)27(18)2/h7-11H,4-6H2,1-3H3. The van der Waals surface area contributed by atoms with E-state index in [9.17, 15) is 26.4 Å². The summed E-state index contributed by atoms with van der Waals surface area (Å²) in [6.07, 6.45) is -0.916. The van der Waals surface area contributed by atoms with Crippen LogP contribution in [0, 0.1) is 5.92 Å². The van der Waals surface area contributed by atoms with E-state index < -0.39 is 21.7 Å². The summed E-state index contributed by atoms with van der Waals surface area (Å²) in [5.41, 5.74) is -0.777. The first kappa shape index (κ1) is 23.1. The summed E-state index contributed by atoms with van der Waals surface area (Å²) >= 11 is 0. The van der Waals surface area contributed by atoms with Gasteiger partial charge in [-0.25, -0.2) is 23.4 Å². The van der Waals surface area contributed by atoms with Gasteiger partial charge in [0.15, 0.2) is 15.7 Å². The van der Waals surface area contributed by atoms with E-state index in [4.69, 9.17) is 4.84 Å². The highest BCUT2D eigenvalue weighted by Crippen LogP contribution is 2.36. The van der Waals surface area contributed by atoms with Gasteiger partial charge in [-0.2, -0.15) is 18.2 Å². The van der Waals surface area contributed by atoms with E-state index in [1.165, 1.54) is 37.9 Å². The van der Waals surface area contributed by atoms with Crippen molar-refractivity contribution in [3.05, 3.63) is 30.2 Å². The van der Waals surface area contributed by atoms with Crippen LogP contribution in [-0.2, 0) is 32.7 Å². The Hall–Kier alpha value is -3.06. The fourth-order valence-electron chi connectivity index (χ4n) is 3.38. The van der Waals surface area contributed by atoms with Crippen molar-refractivity contribution in [1.82, 2.24) is 19.5 Å². The predicted octanol–water partition coefficient (Wildman–Crippen LogP) is 3.15. The van der Waals surface area contributed by atoms with E-state index >= 15 is 0 Å². The molecule has 1 amide bonds. The normalized spacial score (nSPS) is 14.6. The minimum absolute atomic E-state index is 0.0111. The number of halogens is 3. The topological polar surface area (TPSA) is 107 Å². The average Bonchev–Trinajstić information content (AvgIpc) is 3.57. The molecule has 0 spiro atoms. The number of carbonyl (C=O) groups excluding carboxylic acids is 1. The SMILES string of the molecule is CCS(=O)(=O)c1cc(N(OC)C(=O)C2CC2)cnc1-c1nc2cc(C(F)(F)F)ncc2n1C. The second kappa shape index (κ2) is 8.06. The number of pyridine rings is 2. The van der Waals surface area contributed by atoms with Gasteiger partial charge >= 0.3 is 6.18 Å². The monoisotopic (exact) mass is 483 g/mol. The molecule has 9 nitrogen and oxygen atoms in total. The predicted molar refractivity (Wildman–Crippen MR) is 112 cm³/mol. The summed E-state index contributed by atoms with van der Waals surface area (Å²) in [5.74, 6) is -0.716. The lowest BCUT2D eigenvalue weighted by Gasteiger charge is -2.20. The molecule has 1 fully saturated rings. The Labute approximate surface area is 187 Å². The molecule has 3 aromatic heterocycles. The lowest BCUT2D eigenvalue weighted by molar-refractivity contribution is -0.141. The third-order valence-electron chi connectivity index (χ3n) is 5.37. The van der Waals surface area contributed by atoms with Crippen molar-refractivity contribution < 1.29 is 31.2 Å². The van der Waals surface area contributed by atoms with Gasteiger partial charge < -0.3 is 4.57 Å². The number of alkyl halides is 3. The molecular formula is C20H20F3N5O4S. The van der Waals surface area contributed by atoms with Gasteiger partial charge in [0.2, 0.25) is 0 Å². The number of sulfone groups is 1. The molecule has 1 aliphatic carbocycles. The van der Waals surface area contributed by atoms with Crippen LogP contribution in [0.2, 0.25) is 0 Å². The van der Waals surface area contributed by atoms with Gasteiger partial charge in [-0.05, 0) is 25.0 Å². The molecule has 0 saturated heterocycles. The number of hydrogen-bond donors (Lipinski definition) is 0.